The third-order valence-corrected chi connectivity index (χ3v) is 2.98. The van der Waals surface area contributed by atoms with E-state index in [1.165, 1.54) is 20.8 Å². The van der Waals surface area contributed by atoms with Crippen LogP contribution in [0.3, 0.4) is 0 Å². The first-order valence-corrected chi connectivity index (χ1v) is 4.60. The van der Waals surface area contributed by atoms with E-state index in [2.05, 4.69) is 8.92 Å². The van der Waals surface area contributed by atoms with Gasteiger partial charge in [-0.15, -0.1) is 0 Å². The third kappa shape index (κ3) is 3.19. The number of carbonyl (C=O) groups excluding carboxylic acids is 1. The highest BCUT2D eigenvalue weighted by Crippen LogP contribution is 2.16. The van der Waals surface area contributed by atoms with E-state index in [1.807, 2.05) is 0 Å². The average molecular weight is 195 g/mol. The van der Waals surface area contributed by atoms with Crippen molar-refractivity contribution in [3.63, 3.8) is 0 Å². The summed E-state index contributed by atoms with van der Waals surface area (Å²) in [7, 11) is -3.67. The molecule has 0 aliphatic carbocycles. The van der Waals surface area contributed by atoms with E-state index < -0.39 is 21.7 Å². The van der Waals surface area contributed by atoms with Crippen molar-refractivity contribution < 1.29 is 22.1 Å². The second-order valence-electron chi connectivity index (χ2n) is 3.03. The van der Waals surface area contributed by atoms with Gasteiger partial charge in [0.2, 0.25) is 6.79 Å². The van der Waals surface area contributed by atoms with Gasteiger partial charge in [0, 0.05) is 0 Å². The van der Waals surface area contributed by atoms with Gasteiger partial charge in [-0.1, -0.05) is 0 Å². The lowest BCUT2D eigenvalue weighted by Crippen LogP contribution is -2.30. The fourth-order valence-electron chi connectivity index (χ4n) is 0.288. The molecule has 1 radical (unpaired) electrons. The van der Waals surface area contributed by atoms with Gasteiger partial charge in [0.15, 0.2) is 0 Å². The molecule has 0 saturated heterocycles. The second-order valence-corrected chi connectivity index (χ2v) is 5.40. The Labute approximate surface area is 71.8 Å². The van der Waals surface area contributed by atoms with E-state index in [-0.39, 0.29) is 0 Å². The standard InChI is InChI=1S/C6H11O5S/c1-6(2,3)12(8,9)11-5-10-4-7/h5H2,1-3H3. The second kappa shape index (κ2) is 3.86. The summed E-state index contributed by atoms with van der Waals surface area (Å²) < 4.78 is 29.5. The maximum absolute atomic E-state index is 11.1. The van der Waals surface area contributed by atoms with Crippen molar-refractivity contribution in [3.8, 4) is 0 Å². The van der Waals surface area contributed by atoms with Gasteiger partial charge in [-0.2, -0.15) is 8.42 Å². The van der Waals surface area contributed by atoms with Crippen molar-refractivity contribution >= 4 is 16.6 Å². The summed E-state index contributed by atoms with van der Waals surface area (Å²) in [5, 5.41) is 0. The van der Waals surface area contributed by atoms with Crippen LogP contribution >= 0.6 is 0 Å². The van der Waals surface area contributed by atoms with Crippen molar-refractivity contribution in [2.45, 2.75) is 25.5 Å². The predicted molar refractivity (Wildman–Crippen MR) is 41.4 cm³/mol. The molecule has 12 heavy (non-hydrogen) atoms. The topological polar surface area (TPSA) is 69.7 Å². The minimum atomic E-state index is -3.67. The molecular weight excluding hydrogens is 184 g/mol. The number of rotatable bonds is 4. The molecule has 0 rings (SSSR count). The molecule has 0 aromatic heterocycles. The Morgan fingerprint density at radius 2 is 1.83 bits per heavy atom. The normalized spacial score (nSPS) is 12.6. The van der Waals surface area contributed by atoms with Crippen molar-refractivity contribution in [3.05, 3.63) is 0 Å². The van der Waals surface area contributed by atoms with Gasteiger partial charge in [-0.25, -0.2) is 8.98 Å². The summed E-state index contributed by atoms with van der Waals surface area (Å²) in [6.07, 6.45) is 0. The first kappa shape index (κ1) is 11.4. The molecule has 0 unspecified atom stereocenters. The fraction of sp³-hybridized carbons (Fsp3) is 0.833. The molecule has 0 bridgehead atoms. The maximum Gasteiger partial charge on any atom is 0.419 e. The van der Waals surface area contributed by atoms with Crippen LogP contribution in [-0.2, 0) is 23.8 Å². The lowest BCUT2D eigenvalue weighted by molar-refractivity contribution is 0.107. The minimum Gasteiger partial charge on any atom is -0.429 e. The van der Waals surface area contributed by atoms with Crippen LogP contribution in [0.4, 0.5) is 0 Å². The zero-order valence-corrected chi connectivity index (χ0v) is 7.97. The molecule has 71 valence electrons. The molecule has 0 N–H and O–H groups in total. The van der Waals surface area contributed by atoms with Gasteiger partial charge in [-0.3, -0.25) is 0 Å². The van der Waals surface area contributed by atoms with Crippen molar-refractivity contribution in [2.24, 2.45) is 0 Å². The monoisotopic (exact) mass is 195 g/mol. The van der Waals surface area contributed by atoms with Gasteiger partial charge in [-0.05, 0) is 20.8 Å². The van der Waals surface area contributed by atoms with Gasteiger partial charge in [0.25, 0.3) is 10.1 Å². The largest absolute Gasteiger partial charge is 0.429 e. The van der Waals surface area contributed by atoms with E-state index in [0.717, 1.165) is 6.47 Å². The Hall–Kier alpha value is -0.620. The number of hydrogen-bond donors (Lipinski definition) is 0. The lowest BCUT2D eigenvalue weighted by Gasteiger charge is -2.17. The fourth-order valence-corrected chi connectivity index (χ4v) is 0.817. The van der Waals surface area contributed by atoms with E-state index in [4.69, 9.17) is 0 Å². The third-order valence-electron chi connectivity index (χ3n) is 1.07. The summed E-state index contributed by atoms with van der Waals surface area (Å²) in [5.41, 5.74) is 0. The Morgan fingerprint density at radius 1 is 1.33 bits per heavy atom. The van der Waals surface area contributed by atoms with Gasteiger partial charge >= 0.3 is 6.47 Å². The molecule has 5 nitrogen and oxygen atoms in total. The van der Waals surface area contributed by atoms with Crippen LogP contribution < -0.4 is 0 Å². The van der Waals surface area contributed by atoms with Crippen molar-refractivity contribution in [2.75, 3.05) is 6.79 Å². The molecule has 0 aliphatic rings. The lowest BCUT2D eigenvalue weighted by atomic mass is 10.3. The quantitative estimate of drug-likeness (QED) is 0.363. The smallest absolute Gasteiger partial charge is 0.419 e. The molecule has 0 aromatic rings. The first-order valence-electron chi connectivity index (χ1n) is 3.19. The van der Waals surface area contributed by atoms with Gasteiger partial charge in [0.1, 0.15) is 0 Å². The minimum absolute atomic E-state index is 0.622. The number of hydrogen-bond acceptors (Lipinski definition) is 5. The Balaban J connectivity index is 4.16. The highest BCUT2D eigenvalue weighted by atomic mass is 32.2. The zero-order valence-electron chi connectivity index (χ0n) is 7.16. The van der Waals surface area contributed by atoms with Gasteiger partial charge in [0.05, 0.1) is 4.75 Å². The summed E-state index contributed by atoms with van der Waals surface area (Å²) in [4.78, 5) is 9.52. The van der Waals surface area contributed by atoms with E-state index >= 15 is 0 Å². The Morgan fingerprint density at radius 3 is 2.17 bits per heavy atom. The van der Waals surface area contributed by atoms with Crippen molar-refractivity contribution in [1.29, 1.82) is 0 Å². The molecule has 0 saturated carbocycles. The van der Waals surface area contributed by atoms with E-state index in [0.29, 0.717) is 0 Å². The Kier molecular flexibility index (Phi) is 3.66. The van der Waals surface area contributed by atoms with Crippen LogP contribution in [0.15, 0.2) is 0 Å². The van der Waals surface area contributed by atoms with Crippen LogP contribution in [-0.4, -0.2) is 26.4 Å². The van der Waals surface area contributed by atoms with E-state index in [9.17, 15) is 13.2 Å². The van der Waals surface area contributed by atoms with Crippen LogP contribution in [0.5, 0.6) is 0 Å². The molecule has 6 heteroatoms. The zero-order chi connectivity index (χ0) is 9.83. The summed E-state index contributed by atoms with van der Waals surface area (Å²) >= 11 is 0. The van der Waals surface area contributed by atoms with Crippen LogP contribution in [0.25, 0.3) is 0 Å². The molecule has 0 spiro atoms. The molecular formula is C6H11O5S. The number of ether oxygens (including phenoxy) is 1. The van der Waals surface area contributed by atoms with Crippen LogP contribution in [0.2, 0.25) is 0 Å². The first-order chi connectivity index (χ1) is 5.31. The molecule has 0 fully saturated rings. The van der Waals surface area contributed by atoms with Crippen molar-refractivity contribution in [1.82, 2.24) is 0 Å². The summed E-state index contributed by atoms with van der Waals surface area (Å²) in [6.45, 7) is 4.87. The van der Waals surface area contributed by atoms with E-state index in [1.54, 1.807) is 0 Å². The van der Waals surface area contributed by atoms with Crippen LogP contribution in [0, 0.1) is 0 Å². The Bertz CT molecular complexity index is 235. The van der Waals surface area contributed by atoms with Crippen LogP contribution in [0.1, 0.15) is 20.8 Å². The molecule has 0 amide bonds. The average Bonchev–Trinajstić information content (AvgIpc) is 1.85. The molecule has 0 atom stereocenters. The molecule has 0 heterocycles. The van der Waals surface area contributed by atoms with Gasteiger partial charge < -0.3 is 4.74 Å². The highest BCUT2D eigenvalue weighted by molar-refractivity contribution is 7.88. The highest BCUT2D eigenvalue weighted by Gasteiger charge is 2.30. The molecule has 0 aromatic carbocycles. The summed E-state index contributed by atoms with van der Waals surface area (Å²) in [5.74, 6) is 0. The SMILES string of the molecule is CC(C)(C)S(=O)(=O)OCO[C]=O. The maximum atomic E-state index is 11.1. The summed E-state index contributed by atoms with van der Waals surface area (Å²) in [6, 6.07) is 0. The predicted octanol–water partition coefficient (Wildman–Crippen LogP) is 0.173. The molecule has 0 aliphatic heterocycles.